The first-order valence-corrected chi connectivity index (χ1v) is 14.7. The van der Waals surface area contributed by atoms with Crippen LogP contribution in [0.25, 0.3) is 0 Å². The van der Waals surface area contributed by atoms with Crippen molar-refractivity contribution in [1.82, 2.24) is 4.90 Å². The number of esters is 2. The largest absolute Gasteiger partial charge is 0.459 e. The van der Waals surface area contributed by atoms with Gasteiger partial charge in [0.2, 0.25) is 11.8 Å². The number of hydrogen-bond acceptors (Lipinski definition) is 8. The standard InChI is InChI=1S/C25H31F2NO9S/c1-10(25(26,27)38(33,34)35)36-22(31)18-16-6-15-17(18)21(30)28(11(2)29)19(15)20(16)37-23(32)24-7-12-3-13(8-24)5-14(4-12)9-24/h10,12-20H,3-9H2,1-2H3,(H,33,34,35). The Bertz CT molecular complexity index is 1180. The van der Waals surface area contributed by atoms with Gasteiger partial charge >= 0.3 is 27.3 Å². The van der Waals surface area contributed by atoms with Gasteiger partial charge < -0.3 is 9.47 Å². The van der Waals surface area contributed by atoms with E-state index in [4.69, 9.17) is 14.0 Å². The highest BCUT2D eigenvalue weighted by molar-refractivity contribution is 7.86. The van der Waals surface area contributed by atoms with Gasteiger partial charge in [-0.05, 0) is 75.5 Å². The molecule has 7 aliphatic rings. The zero-order valence-electron chi connectivity index (χ0n) is 21.0. The number of amides is 2. The molecule has 0 spiro atoms. The highest BCUT2D eigenvalue weighted by atomic mass is 32.2. The van der Waals surface area contributed by atoms with E-state index >= 15 is 0 Å². The van der Waals surface area contributed by atoms with E-state index < -0.39 is 80.5 Å². The molecule has 1 aliphatic heterocycles. The van der Waals surface area contributed by atoms with Crippen LogP contribution < -0.4 is 0 Å². The molecule has 0 radical (unpaired) electrons. The summed E-state index contributed by atoms with van der Waals surface area (Å²) in [5, 5.41) is -4.77. The van der Waals surface area contributed by atoms with Crippen molar-refractivity contribution in [1.29, 1.82) is 0 Å². The van der Waals surface area contributed by atoms with Gasteiger partial charge in [-0.25, -0.2) is 0 Å². The molecule has 7 rings (SSSR count). The number of likely N-dealkylation sites (tertiary alicyclic amines) is 1. The Morgan fingerprint density at radius 2 is 1.61 bits per heavy atom. The molecule has 210 valence electrons. The molecule has 2 amide bonds. The Kier molecular flexibility index (Phi) is 5.62. The lowest BCUT2D eigenvalue weighted by molar-refractivity contribution is -0.187. The van der Waals surface area contributed by atoms with Crippen LogP contribution in [0.2, 0.25) is 0 Å². The molecule has 1 saturated heterocycles. The minimum absolute atomic E-state index is 0.256. The SMILES string of the molecule is CC(=O)N1C(=O)C2C3CC(C(OC(=O)C45CC6CC(CC(C6)C4)C5)C31)C2C(=O)OC(C)C(F)(F)S(=O)(=O)O. The molecule has 6 saturated carbocycles. The van der Waals surface area contributed by atoms with E-state index in [9.17, 15) is 36.4 Å². The number of hydrogen-bond donors (Lipinski definition) is 1. The van der Waals surface area contributed by atoms with Crippen molar-refractivity contribution in [2.45, 2.75) is 82.3 Å². The van der Waals surface area contributed by atoms with Gasteiger partial charge in [-0.2, -0.15) is 17.2 Å². The van der Waals surface area contributed by atoms with E-state index in [2.05, 4.69) is 0 Å². The molecule has 0 aromatic carbocycles. The Morgan fingerprint density at radius 1 is 1.05 bits per heavy atom. The first kappa shape index (κ1) is 26.1. The molecule has 10 nitrogen and oxygen atoms in total. The lowest BCUT2D eigenvalue weighted by atomic mass is 9.49. The number of imide groups is 1. The van der Waals surface area contributed by atoms with Crippen molar-refractivity contribution in [2.75, 3.05) is 0 Å². The molecular formula is C25H31F2NO9S. The molecule has 1 N–H and O–H groups in total. The van der Waals surface area contributed by atoms with Crippen molar-refractivity contribution >= 4 is 33.9 Å². The molecule has 7 atom stereocenters. The van der Waals surface area contributed by atoms with Gasteiger partial charge in [0.1, 0.15) is 6.10 Å². The lowest BCUT2D eigenvalue weighted by Crippen LogP contribution is -2.54. The highest BCUT2D eigenvalue weighted by Gasteiger charge is 2.72. The number of rotatable bonds is 6. The normalized spacial score (nSPS) is 43.4. The van der Waals surface area contributed by atoms with Crippen LogP contribution in [0.4, 0.5) is 8.78 Å². The average molecular weight is 560 g/mol. The summed E-state index contributed by atoms with van der Waals surface area (Å²) in [4.78, 5) is 53.6. The fourth-order valence-corrected chi connectivity index (χ4v) is 9.76. The van der Waals surface area contributed by atoms with Crippen LogP contribution in [0.5, 0.6) is 0 Å². The third kappa shape index (κ3) is 3.52. The minimum atomic E-state index is -5.87. The number of fused-ring (bicyclic) bond motifs is 1. The number of halogens is 2. The quantitative estimate of drug-likeness (QED) is 0.382. The maximum atomic E-state index is 14.1. The van der Waals surface area contributed by atoms with Crippen LogP contribution >= 0.6 is 0 Å². The predicted octanol–water partition coefficient (Wildman–Crippen LogP) is 2.17. The third-order valence-electron chi connectivity index (χ3n) is 10.3. The Balaban J connectivity index is 1.27. The summed E-state index contributed by atoms with van der Waals surface area (Å²) >= 11 is 0. The van der Waals surface area contributed by atoms with Crippen LogP contribution in [0.15, 0.2) is 0 Å². The lowest BCUT2D eigenvalue weighted by Gasteiger charge is -2.55. The molecule has 38 heavy (non-hydrogen) atoms. The molecule has 7 unspecified atom stereocenters. The Labute approximate surface area is 218 Å². The molecule has 13 heteroatoms. The predicted molar refractivity (Wildman–Crippen MR) is 122 cm³/mol. The zero-order valence-corrected chi connectivity index (χ0v) is 21.9. The van der Waals surface area contributed by atoms with Crippen molar-refractivity contribution in [2.24, 2.45) is 46.8 Å². The van der Waals surface area contributed by atoms with Crippen LogP contribution in [0, 0.1) is 46.8 Å². The number of nitrogens with zero attached hydrogens (tertiary/aromatic N) is 1. The highest BCUT2D eigenvalue weighted by Crippen LogP contribution is 2.63. The van der Waals surface area contributed by atoms with Crippen LogP contribution in [-0.4, -0.2) is 65.1 Å². The van der Waals surface area contributed by atoms with E-state index in [1.54, 1.807) is 0 Å². The van der Waals surface area contributed by atoms with E-state index in [1.807, 2.05) is 0 Å². The van der Waals surface area contributed by atoms with Gasteiger partial charge in [-0.3, -0.25) is 28.6 Å². The minimum Gasteiger partial charge on any atom is -0.459 e. The monoisotopic (exact) mass is 559 g/mol. The van der Waals surface area contributed by atoms with Gasteiger partial charge in [0, 0.05) is 12.8 Å². The molecule has 6 aliphatic carbocycles. The second-order valence-electron chi connectivity index (χ2n) is 12.5. The van der Waals surface area contributed by atoms with Gasteiger partial charge in [-0.15, -0.1) is 0 Å². The van der Waals surface area contributed by atoms with Gasteiger partial charge in [0.25, 0.3) is 0 Å². The molecule has 7 fully saturated rings. The first-order valence-electron chi connectivity index (χ1n) is 13.2. The smallest absolute Gasteiger partial charge is 0.405 e. The van der Waals surface area contributed by atoms with Crippen molar-refractivity contribution < 1.29 is 50.4 Å². The number of alkyl halides is 2. The van der Waals surface area contributed by atoms with Crippen LogP contribution in [0.3, 0.4) is 0 Å². The second-order valence-corrected chi connectivity index (χ2v) is 14.0. The summed E-state index contributed by atoms with van der Waals surface area (Å²) in [7, 11) is -5.87. The fourth-order valence-electron chi connectivity index (χ4n) is 9.29. The number of carbonyl (C=O) groups is 4. The molecule has 6 bridgehead atoms. The third-order valence-corrected chi connectivity index (χ3v) is 11.3. The van der Waals surface area contributed by atoms with E-state index in [0.717, 1.165) is 43.4 Å². The summed E-state index contributed by atoms with van der Waals surface area (Å²) < 4.78 is 70.2. The van der Waals surface area contributed by atoms with Crippen LogP contribution in [-0.2, 0) is 38.8 Å². The van der Waals surface area contributed by atoms with E-state index in [0.29, 0.717) is 24.7 Å². The summed E-state index contributed by atoms with van der Waals surface area (Å²) in [6, 6.07) is -0.742. The topological polar surface area (TPSA) is 144 Å². The summed E-state index contributed by atoms with van der Waals surface area (Å²) in [5.74, 6) is -5.02. The first-order chi connectivity index (χ1) is 17.6. The van der Waals surface area contributed by atoms with Gasteiger partial charge in [0.05, 0.1) is 23.3 Å². The van der Waals surface area contributed by atoms with Crippen molar-refractivity contribution in [3.63, 3.8) is 0 Å². The number of ether oxygens (including phenoxy) is 2. The maximum absolute atomic E-state index is 14.1. The van der Waals surface area contributed by atoms with Gasteiger partial charge in [0.15, 0.2) is 6.10 Å². The van der Waals surface area contributed by atoms with Crippen molar-refractivity contribution in [3.05, 3.63) is 0 Å². The van der Waals surface area contributed by atoms with Crippen molar-refractivity contribution in [3.8, 4) is 0 Å². The summed E-state index contributed by atoms with van der Waals surface area (Å²) in [6.07, 6.45) is 2.26. The molecule has 0 aromatic rings. The number of carbonyl (C=O) groups excluding carboxylic acids is 4. The van der Waals surface area contributed by atoms with Gasteiger partial charge in [-0.1, -0.05) is 0 Å². The van der Waals surface area contributed by atoms with E-state index in [-0.39, 0.29) is 12.4 Å². The summed E-state index contributed by atoms with van der Waals surface area (Å²) in [5.41, 5.74) is -0.623. The fraction of sp³-hybridized carbons (Fsp3) is 0.840. The molecule has 0 aromatic heterocycles. The second kappa shape index (κ2) is 8.18. The average Bonchev–Trinajstić information content (AvgIpc) is 3.40. The maximum Gasteiger partial charge on any atom is 0.405 e. The molecular weight excluding hydrogens is 528 g/mol. The molecule has 1 heterocycles. The van der Waals surface area contributed by atoms with Crippen LogP contribution in [0.1, 0.15) is 58.8 Å². The zero-order chi connectivity index (χ0) is 27.5. The Hall–Kier alpha value is -2.15. The Morgan fingerprint density at radius 3 is 2.11 bits per heavy atom. The summed E-state index contributed by atoms with van der Waals surface area (Å²) in [6.45, 7) is 1.83. The van der Waals surface area contributed by atoms with E-state index in [1.165, 1.54) is 6.92 Å².